The zero-order valence-electron chi connectivity index (χ0n) is 9.46. The van der Waals surface area contributed by atoms with Crippen molar-refractivity contribution in [3.05, 3.63) is 35.4 Å². The highest BCUT2D eigenvalue weighted by Gasteiger charge is 2.11. The maximum absolute atomic E-state index is 5.92. The third kappa shape index (κ3) is 3.15. The van der Waals surface area contributed by atoms with E-state index >= 15 is 0 Å². The summed E-state index contributed by atoms with van der Waals surface area (Å²) in [6.07, 6.45) is 2.26. The molecule has 2 unspecified atom stereocenters. The van der Waals surface area contributed by atoms with Crippen LogP contribution in [-0.4, -0.2) is 6.04 Å². The highest BCUT2D eigenvalue weighted by atomic mass is 14.6. The van der Waals surface area contributed by atoms with Crippen LogP contribution in [0.3, 0.4) is 0 Å². The zero-order chi connectivity index (χ0) is 10.6. The normalized spacial score (nSPS) is 15.1. The molecule has 0 aliphatic rings. The molecule has 0 saturated heterocycles. The van der Waals surface area contributed by atoms with E-state index in [0.717, 1.165) is 12.8 Å². The third-order valence-corrected chi connectivity index (χ3v) is 2.89. The molecule has 0 fully saturated rings. The smallest absolute Gasteiger partial charge is 0.00418 e. The van der Waals surface area contributed by atoms with Crippen LogP contribution in [-0.2, 0) is 6.42 Å². The standard InChI is InChI=1S/C13H21N/c1-4-13(11(3)14)9-12-7-5-10(2)6-8-12/h5-8,11,13H,4,9,14H2,1-3H3. The van der Waals surface area contributed by atoms with E-state index in [1.807, 2.05) is 0 Å². The van der Waals surface area contributed by atoms with Crippen LogP contribution in [0.25, 0.3) is 0 Å². The third-order valence-electron chi connectivity index (χ3n) is 2.89. The van der Waals surface area contributed by atoms with Gasteiger partial charge in [-0.2, -0.15) is 0 Å². The fourth-order valence-electron chi connectivity index (χ4n) is 1.73. The Hall–Kier alpha value is -0.820. The molecule has 0 aliphatic carbocycles. The van der Waals surface area contributed by atoms with Gasteiger partial charge in [0.25, 0.3) is 0 Å². The molecule has 1 heteroatoms. The quantitative estimate of drug-likeness (QED) is 0.778. The lowest BCUT2D eigenvalue weighted by Gasteiger charge is -2.18. The Kier molecular flexibility index (Phi) is 4.15. The van der Waals surface area contributed by atoms with Crippen LogP contribution < -0.4 is 5.73 Å². The van der Waals surface area contributed by atoms with Gasteiger partial charge in [-0.25, -0.2) is 0 Å². The van der Waals surface area contributed by atoms with Gasteiger partial charge in [-0.3, -0.25) is 0 Å². The van der Waals surface area contributed by atoms with Gasteiger partial charge in [-0.15, -0.1) is 0 Å². The molecule has 0 aliphatic heterocycles. The first-order valence-electron chi connectivity index (χ1n) is 5.44. The molecule has 1 rings (SSSR count). The molecule has 0 amide bonds. The van der Waals surface area contributed by atoms with Gasteiger partial charge in [0.2, 0.25) is 0 Å². The van der Waals surface area contributed by atoms with Crippen molar-refractivity contribution < 1.29 is 0 Å². The second-order valence-corrected chi connectivity index (χ2v) is 4.22. The summed E-state index contributed by atoms with van der Waals surface area (Å²) in [5.41, 5.74) is 8.65. The molecule has 0 saturated carbocycles. The number of aryl methyl sites for hydroxylation is 1. The average molecular weight is 191 g/mol. The monoisotopic (exact) mass is 191 g/mol. The molecule has 1 aromatic carbocycles. The first-order valence-corrected chi connectivity index (χ1v) is 5.44. The van der Waals surface area contributed by atoms with E-state index in [4.69, 9.17) is 5.73 Å². The summed E-state index contributed by atoms with van der Waals surface area (Å²) in [6.45, 7) is 6.43. The van der Waals surface area contributed by atoms with Crippen LogP contribution in [0.4, 0.5) is 0 Å². The van der Waals surface area contributed by atoms with Crippen LogP contribution in [0.15, 0.2) is 24.3 Å². The van der Waals surface area contributed by atoms with Gasteiger partial charge < -0.3 is 5.73 Å². The van der Waals surface area contributed by atoms with Crippen LogP contribution in [0.5, 0.6) is 0 Å². The number of hydrogen-bond donors (Lipinski definition) is 1. The largest absolute Gasteiger partial charge is 0.328 e. The maximum Gasteiger partial charge on any atom is 0.00418 e. The minimum Gasteiger partial charge on any atom is -0.328 e. The molecule has 1 aromatic rings. The lowest BCUT2D eigenvalue weighted by atomic mass is 9.91. The van der Waals surface area contributed by atoms with E-state index < -0.39 is 0 Å². The first-order chi connectivity index (χ1) is 6.63. The van der Waals surface area contributed by atoms with Crippen LogP contribution in [0.1, 0.15) is 31.4 Å². The fraction of sp³-hybridized carbons (Fsp3) is 0.538. The molecule has 0 radical (unpaired) electrons. The zero-order valence-corrected chi connectivity index (χ0v) is 9.46. The molecule has 2 atom stereocenters. The van der Waals surface area contributed by atoms with Crippen LogP contribution in [0, 0.1) is 12.8 Å². The highest BCUT2D eigenvalue weighted by Crippen LogP contribution is 2.15. The molecule has 1 nitrogen and oxygen atoms in total. The van der Waals surface area contributed by atoms with E-state index in [9.17, 15) is 0 Å². The summed E-state index contributed by atoms with van der Waals surface area (Å²) < 4.78 is 0. The summed E-state index contributed by atoms with van der Waals surface area (Å²) >= 11 is 0. The molecule has 2 N–H and O–H groups in total. The van der Waals surface area contributed by atoms with Crippen molar-refractivity contribution in [1.82, 2.24) is 0 Å². The molecular formula is C13H21N. The first kappa shape index (κ1) is 11.3. The van der Waals surface area contributed by atoms with Gasteiger partial charge in [0.15, 0.2) is 0 Å². The Labute approximate surface area is 87.3 Å². The van der Waals surface area contributed by atoms with Gasteiger partial charge in [-0.05, 0) is 31.7 Å². The molecule has 14 heavy (non-hydrogen) atoms. The Balaban J connectivity index is 2.63. The topological polar surface area (TPSA) is 26.0 Å². The molecule has 0 heterocycles. The SMILES string of the molecule is CCC(Cc1ccc(C)cc1)C(C)N. The summed E-state index contributed by atoms with van der Waals surface area (Å²) in [7, 11) is 0. The number of nitrogens with two attached hydrogens (primary N) is 1. The molecule has 0 spiro atoms. The van der Waals surface area contributed by atoms with Crippen molar-refractivity contribution >= 4 is 0 Å². The van der Waals surface area contributed by atoms with E-state index in [1.54, 1.807) is 0 Å². The van der Waals surface area contributed by atoms with E-state index in [1.165, 1.54) is 11.1 Å². The number of benzene rings is 1. The van der Waals surface area contributed by atoms with Gasteiger partial charge in [0, 0.05) is 6.04 Å². The van der Waals surface area contributed by atoms with Crippen molar-refractivity contribution in [1.29, 1.82) is 0 Å². The van der Waals surface area contributed by atoms with Crippen molar-refractivity contribution in [3.63, 3.8) is 0 Å². The van der Waals surface area contributed by atoms with Gasteiger partial charge >= 0.3 is 0 Å². The second-order valence-electron chi connectivity index (χ2n) is 4.22. The minimum absolute atomic E-state index is 0.293. The second kappa shape index (κ2) is 5.16. The average Bonchev–Trinajstić information content (AvgIpc) is 2.16. The Morgan fingerprint density at radius 1 is 1.21 bits per heavy atom. The minimum atomic E-state index is 0.293. The fourth-order valence-corrected chi connectivity index (χ4v) is 1.73. The van der Waals surface area contributed by atoms with Crippen molar-refractivity contribution in [3.8, 4) is 0 Å². The van der Waals surface area contributed by atoms with Gasteiger partial charge in [-0.1, -0.05) is 43.2 Å². The summed E-state index contributed by atoms with van der Waals surface area (Å²) in [5, 5.41) is 0. The Bertz CT molecular complexity index is 261. The van der Waals surface area contributed by atoms with E-state index in [2.05, 4.69) is 45.0 Å². The molecule has 0 bridgehead atoms. The summed E-state index contributed by atoms with van der Waals surface area (Å²) in [6, 6.07) is 9.05. The number of hydrogen-bond acceptors (Lipinski definition) is 1. The van der Waals surface area contributed by atoms with Gasteiger partial charge in [0.05, 0.1) is 0 Å². The Morgan fingerprint density at radius 2 is 1.79 bits per heavy atom. The van der Waals surface area contributed by atoms with Crippen LogP contribution >= 0.6 is 0 Å². The summed E-state index contributed by atoms with van der Waals surface area (Å²) in [4.78, 5) is 0. The maximum atomic E-state index is 5.92. The molecule has 78 valence electrons. The summed E-state index contributed by atoms with van der Waals surface area (Å²) in [5.74, 6) is 0.609. The highest BCUT2D eigenvalue weighted by molar-refractivity contribution is 5.21. The van der Waals surface area contributed by atoms with Crippen molar-refractivity contribution in [2.75, 3.05) is 0 Å². The van der Waals surface area contributed by atoms with Crippen LogP contribution in [0.2, 0.25) is 0 Å². The van der Waals surface area contributed by atoms with Crippen molar-refractivity contribution in [2.45, 2.75) is 39.7 Å². The lowest BCUT2D eigenvalue weighted by molar-refractivity contribution is 0.427. The number of rotatable bonds is 4. The predicted molar refractivity (Wildman–Crippen MR) is 62.3 cm³/mol. The molecule has 0 aromatic heterocycles. The molecular weight excluding hydrogens is 170 g/mol. The predicted octanol–water partition coefficient (Wildman–Crippen LogP) is 2.91. The van der Waals surface area contributed by atoms with E-state index in [0.29, 0.717) is 12.0 Å². The van der Waals surface area contributed by atoms with Crippen molar-refractivity contribution in [2.24, 2.45) is 11.7 Å². The lowest BCUT2D eigenvalue weighted by Crippen LogP contribution is -2.27. The Morgan fingerprint density at radius 3 is 2.21 bits per heavy atom. The van der Waals surface area contributed by atoms with Gasteiger partial charge in [0.1, 0.15) is 0 Å². The van der Waals surface area contributed by atoms with E-state index in [-0.39, 0.29) is 0 Å².